The van der Waals surface area contributed by atoms with Crippen molar-refractivity contribution in [3.8, 4) is 0 Å². The summed E-state index contributed by atoms with van der Waals surface area (Å²) in [6, 6.07) is 24.6. The Kier molecular flexibility index (Phi) is 2.65. The third-order valence-corrected chi connectivity index (χ3v) is 7.11. The molecule has 0 radical (unpaired) electrons. The molecule has 138 valence electrons. The number of allylic oxidation sites excluding steroid dienone is 4. The Morgan fingerprint density at radius 1 is 0.828 bits per heavy atom. The average Bonchev–Trinajstić information content (AvgIpc) is 3.10. The van der Waals surface area contributed by atoms with E-state index in [1.54, 1.807) is 0 Å². The number of para-hydroxylation sites is 3. The first-order valence-corrected chi connectivity index (χ1v) is 10.3. The van der Waals surface area contributed by atoms with Gasteiger partial charge in [0.1, 0.15) is 11.6 Å². The number of benzene rings is 3. The van der Waals surface area contributed by atoms with E-state index in [-0.39, 0.29) is 11.5 Å². The highest BCUT2D eigenvalue weighted by molar-refractivity contribution is 6.19. The van der Waals surface area contributed by atoms with Crippen LogP contribution in [0.15, 0.2) is 90.5 Å². The van der Waals surface area contributed by atoms with Gasteiger partial charge in [-0.3, -0.25) is 0 Å². The van der Waals surface area contributed by atoms with Gasteiger partial charge in [-0.1, -0.05) is 74.5 Å². The SMILES string of the molecule is CC1(C)C2=CC=CC3=[N+](c4ccccc4)c4cccc5c6cccc1c6n(c45)C23. The first-order chi connectivity index (χ1) is 14.2. The molecular weight excluding hydrogens is 352 g/mol. The summed E-state index contributed by atoms with van der Waals surface area (Å²) in [5.74, 6) is 0. The Hall–Kier alpha value is -3.39. The highest BCUT2D eigenvalue weighted by atomic mass is 15.2. The van der Waals surface area contributed by atoms with Crippen molar-refractivity contribution < 1.29 is 0 Å². The van der Waals surface area contributed by atoms with Crippen molar-refractivity contribution in [2.45, 2.75) is 25.3 Å². The van der Waals surface area contributed by atoms with Crippen LogP contribution in [0.5, 0.6) is 0 Å². The van der Waals surface area contributed by atoms with Crippen LogP contribution >= 0.6 is 0 Å². The fraction of sp³-hybridized carbons (Fsp3) is 0.148. The molecule has 3 aromatic carbocycles. The highest BCUT2D eigenvalue weighted by Crippen LogP contribution is 2.54. The summed E-state index contributed by atoms with van der Waals surface area (Å²) in [5, 5.41) is 2.72. The Morgan fingerprint density at radius 3 is 2.41 bits per heavy atom. The van der Waals surface area contributed by atoms with Crippen molar-refractivity contribution in [1.82, 2.24) is 9.14 Å². The smallest absolute Gasteiger partial charge is 0.235 e. The molecule has 0 bridgehead atoms. The van der Waals surface area contributed by atoms with Gasteiger partial charge in [0, 0.05) is 40.5 Å². The van der Waals surface area contributed by atoms with Gasteiger partial charge in [0.2, 0.25) is 17.1 Å². The van der Waals surface area contributed by atoms with E-state index >= 15 is 0 Å². The molecule has 7 rings (SSSR count). The van der Waals surface area contributed by atoms with Gasteiger partial charge in [-0.05, 0) is 11.1 Å². The van der Waals surface area contributed by atoms with Gasteiger partial charge < -0.3 is 4.57 Å². The maximum atomic E-state index is 2.62. The number of aromatic nitrogens is 1. The lowest BCUT2D eigenvalue weighted by atomic mass is 9.69. The Labute approximate surface area is 169 Å². The minimum Gasteiger partial charge on any atom is -0.317 e. The molecule has 1 aliphatic carbocycles. The van der Waals surface area contributed by atoms with Crippen molar-refractivity contribution in [2.24, 2.45) is 0 Å². The van der Waals surface area contributed by atoms with Gasteiger partial charge in [-0.25, -0.2) is 0 Å². The van der Waals surface area contributed by atoms with E-state index in [9.17, 15) is 0 Å². The number of hydrogen-bond acceptors (Lipinski definition) is 0. The molecule has 29 heavy (non-hydrogen) atoms. The van der Waals surface area contributed by atoms with Crippen molar-refractivity contribution in [1.29, 1.82) is 0 Å². The second-order valence-electron chi connectivity index (χ2n) is 8.85. The largest absolute Gasteiger partial charge is 0.317 e. The van der Waals surface area contributed by atoms with Gasteiger partial charge in [0.05, 0.1) is 5.52 Å². The topological polar surface area (TPSA) is 7.94 Å². The first kappa shape index (κ1) is 15.5. The summed E-state index contributed by atoms with van der Waals surface area (Å²) in [7, 11) is 0. The van der Waals surface area contributed by atoms with E-state index in [4.69, 9.17) is 0 Å². The molecule has 2 aliphatic heterocycles. The molecular formula is C27H21N2+. The van der Waals surface area contributed by atoms with Gasteiger partial charge >= 0.3 is 0 Å². The van der Waals surface area contributed by atoms with E-state index in [0.29, 0.717) is 0 Å². The molecule has 1 atom stereocenters. The lowest BCUT2D eigenvalue weighted by Gasteiger charge is -2.42. The lowest BCUT2D eigenvalue weighted by Crippen LogP contribution is -2.41. The summed E-state index contributed by atoms with van der Waals surface area (Å²) in [6.45, 7) is 4.77. The number of hydrogen-bond donors (Lipinski definition) is 0. The van der Waals surface area contributed by atoms with Crippen LogP contribution in [0, 0.1) is 0 Å². The van der Waals surface area contributed by atoms with Crippen molar-refractivity contribution >= 4 is 38.9 Å². The van der Waals surface area contributed by atoms with Crippen LogP contribution in [-0.4, -0.2) is 10.3 Å². The van der Waals surface area contributed by atoms with Gasteiger partial charge in [0.25, 0.3) is 0 Å². The van der Waals surface area contributed by atoms with Gasteiger partial charge in [-0.2, -0.15) is 4.58 Å². The third-order valence-electron chi connectivity index (χ3n) is 7.11. The zero-order valence-electron chi connectivity index (χ0n) is 16.6. The van der Waals surface area contributed by atoms with Gasteiger partial charge in [-0.15, -0.1) is 0 Å². The predicted octanol–water partition coefficient (Wildman–Crippen LogP) is 6.41. The predicted molar refractivity (Wildman–Crippen MR) is 122 cm³/mol. The molecule has 0 spiro atoms. The summed E-state index contributed by atoms with van der Waals surface area (Å²) >= 11 is 0. The molecule has 1 unspecified atom stereocenters. The molecule has 2 nitrogen and oxygen atoms in total. The molecule has 0 amide bonds. The molecule has 3 heterocycles. The van der Waals surface area contributed by atoms with Gasteiger partial charge in [0.15, 0.2) is 0 Å². The molecule has 0 saturated heterocycles. The Balaban J connectivity index is 1.77. The van der Waals surface area contributed by atoms with Crippen molar-refractivity contribution in [2.75, 3.05) is 0 Å². The maximum Gasteiger partial charge on any atom is 0.235 e. The quantitative estimate of drug-likeness (QED) is 0.341. The number of nitrogens with zero attached hydrogens (tertiary/aromatic N) is 2. The van der Waals surface area contributed by atoms with Crippen LogP contribution in [0.4, 0.5) is 11.4 Å². The van der Waals surface area contributed by atoms with Crippen LogP contribution in [0.1, 0.15) is 25.5 Å². The van der Waals surface area contributed by atoms with Crippen LogP contribution in [0.2, 0.25) is 0 Å². The highest BCUT2D eigenvalue weighted by Gasteiger charge is 2.48. The van der Waals surface area contributed by atoms with Crippen molar-refractivity contribution in [3.63, 3.8) is 0 Å². The summed E-state index contributed by atoms with van der Waals surface area (Å²) in [4.78, 5) is 0. The molecule has 0 N–H and O–H groups in total. The monoisotopic (exact) mass is 373 g/mol. The zero-order chi connectivity index (χ0) is 19.3. The lowest BCUT2D eigenvalue weighted by molar-refractivity contribution is 0.528. The minimum atomic E-state index is -0.00950. The maximum absolute atomic E-state index is 2.62. The van der Waals surface area contributed by atoms with E-state index in [1.807, 2.05) is 0 Å². The fourth-order valence-corrected chi connectivity index (χ4v) is 5.85. The molecule has 1 aromatic heterocycles. The fourth-order valence-electron chi connectivity index (χ4n) is 5.85. The molecule has 0 saturated carbocycles. The second-order valence-corrected chi connectivity index (χ2v) is 8.85. The molecule has 3 aliphatic rings. The number of fused-ring (bicyclic) bond motifs is 1. The van der Waals surface area contributed by atoms with E-state index in [2.05, 4.69) is 108 Å². The molecule has 4 aromatic rings. The summed E-state index contributed by atoms with van der Waals surface area (Å²) < 4.78 is 5.08. The van der Waals surface area contributed by atoms with Crippen LogP contribution < -0.4 is 4.58 Å². The molecule has 2 heteroatoms. The first-order valence-electron chi connectivity index (χ1n) is 10.3. The van der Waals surface area contributed by atoms with Crippen molar-refractivity contribution in [3.05, 3.63) is 96.1 Å². The average molecular weight is 373 g/mol. The minimum absolute atomic E-state index is 0.00950. The van der Waals surface area contributed by atoms with Crippen LogP contribution in [-0.2, 0) is 5.41 Å². The Morgan fingerprint density at radius 2 is 1.59 bits per heavy atom. The Bertz CT molecular complexity index is 1460. The molecule has 0 fully saturated rings. The second kappa shape index (κ2) is 4.96. The third kappa shape index (κ3) is 1.68. The summed E-state index contributed by atoms with van der Waals surface area (Å²) in [5.41, 5.74) is 9.49. The summed E-state index contributed by atoms with van der Waals surface area (Å²) in [6.07, 6.45) is 6.89. The van der Waals surface area contributed by atoms with Crippen LogP contribution in [0.3, 0.4) is 0 Å². The van der Waals surface area contributed by atoms with E-state index < -0.39 is 0 Å². The van der Waals surface area contributed by atoms with E-state index in [1.165, 1.54) is 50.0 Å². The van der Waals surface area contributed by atoms with E-state index in [0.717, 1.165) is 0 Å². The zero-order valence-corrected chi connectivity index (χ0v) is 16.6. The normalized spacial score (nSPS) is 20.6. The van der Waals surface area contributed by atoms with Crippen LogP contribution in [0.25, 0.3) is 21.8 Å². The number of rotatable bonds is 1. The standard InChI is InChI=1S/C27H21N2/c1-27(2)20-13-6-11-18-19-12-7-15-22-25(19)29(24(18)20)26-21(27)14-8-16-23(26)28(22)17-9-4-3-5-10-17/h3-16,26H,1-2H3/q+1.